The van der Waals surface area contributed by atoms with Crippen molar-refractivity contribution in [3.8, 4) is 12.0 Å². The van der Waals surface area contributed by atoms with Gasteiger partial charge < -0.3 is 19.4 Å². The molecule has 1 saturated heterocycles. The lowest BCUT2D eigenvalue weighted by atomic mass is 10.1. The highest BCUT2D eigenvalue weighted by atomic mass is 32.1. The van der Waals surface area contributed by atoms with Crippen LogP contribution in [-0.2, 0) is 11.2 Å². The second-order valence-corrected chi connectivity index (χ2v) is 8.52. The number of benzene rings is 1. The van der Waals surface area contributed by atoms with Crippen molar-refractivity contribution < 1.29 is 9.53 Å². The lowest BCUT2D eigenvalue weighted by Crippen LogP contribution is -2.36. The van der Waals surface area contributed by atoms with Crippen molar-refractivity contribution in [3.05, 3.63) is 45.6 Å². The van der Waals surface area contributed by atoms with Gasteiger partial charge in [-0.2, -0.15) is 0 Å². The smallest absolute Gasteiger partial charge is 0.268 e. The fourth-order valence-corrected chi connectivity index (χ4v) is 4.91. The average molecular weight is 396 g/mol. The second-order valence-electron chi connectivity index (χ2n) is 7.47. The van der Waals surface area contributed by atoms with E-state index in [-0.39, 0.29) is 5.91 Å². The molecule has 0 aliphatic carbocycles. The summed E-state index contributed by atoms with van der Waals surface area (Å²) in [5, 5.41) is 0. The molecule has 2 aromatic rings. The number of methoxy groups -OCH3 is 1. The van der Waals surface area contributed by atoms with Crippen molar-refractivity contribution in [1.29, 1.82) is 0 Å². The highest BCUT2D eigenvalue weighted by molar-refractivity contribution is 7.14. The van der Waals surface area contributed by atoms with Crippen LogP contribution in [0.1, 0.15) is 26.5 Å². The van der Waals surface area contributed by atoms with Gasteiger partial charge in [0.25, 0.3) is 5.91 Å². The molecule has 2 aliphatic rings. The number of fused-ring (bicyclic) bond motifs is 1. The van der Waals surface area contributed by atoms with Crippen molar-refractivity contribution in [1.82, 2.24) is 4.90 Å². The summed E-state index contributed by atoms with van der Waals surface area (Å²) in [6.07, 6.45) is 4.64. The van der Waals surface area contributed by atoms with Crippen molar-refractivity contribution in [2.24, 2.45) is 0 Å². The first-order valence-electron chi connectivity index (χ1n) is 9.57. The first kappa shape index (κ1) is 18.9. The van der Waals surface area contributed by atoms with Gasteiger partial charge in [-0.25, -0.2) is 0 Å². The van der Waals surface area contributed by atoms with Gasteiger partial charge in [0.2, 0.25) is 0 Å². The van der Waals surface area contributed by atoms with Crippen LogP contribution in [0.15, 0.2) is 30.3 Å². The number of amides is 1. The SMILES string of the molecule is COC#Cc1cc2c(s1)C(=O)N(c1ccc(N3CCC(N(C)C)C3)cc1)CC2. The maximum atomic E-state index is 13.0. The summed E-state index contributed by atoms with van der Waals surface area (Å²) in [4.78, 5) is 21.3. The number of ether oxygens (including phenoxy) is 1. The summed E-state index contributed by atoms with van der Waals surface area (Å²) in [5.74, 6) is 3.01. The van der Waals surface area contributed by atoms with Crippen LogP contribution < -0.4 is 9.80 Å². The van der Waals surface area contributed by atoms with E-state index in [1.807, 2.05) is 11.0 Å². The molecule has 28 heavy (non-hydrogen) atoms. The molecule has 0 saturated carbocycles. The minimum Gasteiger partial charge on any atom is -0.450 e. The van der Waals surface area contributed by atoms with E-state index in [0.717, 1.165) is 40.5 Å². The van der Waals surface area contributed by atoms with Gasteiger partial charge in [0, 0.05) is 37.1 Å². The first-order chi connectivity index (χ1) is 13.6. The molecule has 0 radical (unpaired) electrons. The number of hydrogen-bond acceptors (Lipinski definition) is 5. The van der Waals surface area contributed by atoms with E-state index in [9.17, 15) is 4.79 Å². The van der Waals surface area contributed by atoms with Crippen molar-refractivity contribution in [2.75, 3.05) is 50.6 Å². The molecular formula is C22H25N3O2S. The van der Waals surface area contributed by atoms with Crippen LogP contribution in [0.25, 0.3) is 0 Å². The molecule has 1 unspecified atom stereocenters. The molecule has 0 N–H and O–H groups in total. The molecule has 1 amide bonds. The van der Waals surface area contributed by atoms with Crippen LogP contribution in [0.2, 0.25) is 0 Å². The molecule has 146 valence electrons. The van der Waals surface area contributed by atoms with E-state index < -0.39 is 0 Å². The predicted molar refractivity (Wildman–Crippen MR) is 114 cm³/mol. The Morgan fingerprint density at radius 2 is 1.93 bits per heavy atom. The second kappa shape index (κ2) is 7.86. The quantitative estimate of drug-likeness (QED) is 0.749. The van der Waals surface area contributed by atoms with Crippen molar-refractivity contribution >= 4 is 28.6 Å². The van der Waals surface area contributed by atoms with Gasteiger partial charge in [0.05, 0.1) is 16.9 Å². The summed E-state index contributed by atoms with van der Waals surface area (Å²) >= 11 is 1.45. The van der Waals surface area contributed by atoms with Crippen LogP contribution in [0.3, 0.4) is 0 Å². The standard InChI is InChI=1S/C22H25N3O2S/c1-23(2)19-9-11-24(15-19)17-4-6-18(7-5-17)25-12-8-16-14-20(10-13-27-3)28-21(16)22(25)26/h4-7,14,19H,8-9,11-12,15H2,1-3H3. The molecule has 3 heterocycles. The van der Waals surface area contributed by atoms with Gasteiger partial charge in [-0.3, -0.25) is 4.79 Å². The Balaban J connectivity index is 1.49. The Labute approximate surface area is 170 Å². The lowest BCUT2D eigenvalue weighted by molar-refractivity contribution is 0.0985. The summed E-state index contributed by atoms with van der Waals surface area (Å²) in [6.45, 7) is 2.83. The Kier molecular flexibility index (Phi) is 5.29. The van der Waals surface area contributed by atoms with E-state index in [1.165, 1.54) is 23.4 Å². The highest BCUT2D eigenvalue weighted by Crippen LogP contribution is 2.32. The Bertz CT molecular complexity index is 923. The third kappa shape index (κ3) is 3.60. The van der Waals surface area contributed by atoms with Crippen LogP contribution in [0, 0.1) is 12.0 Å². The highest BCUT2D eigenvalue weighted by Gasteiger charge is 2.28. The minimum absolute atomic E-state index is 0.0679. The van der Waals surface area contributed by atoms with Crippen LogP contribution >= 0.6 is 11.3 Å². The Morgan fingerprint density at radius 3 is 2.61 bits per heavy atom. The van der Waals surface area contributed by atoms with Gasteiger partial charge in [0.1, 0.15) is 6.11 Å². The van der Waals surface area contributed by atoms with Gasteiger partial charge >= 0.3 is 0 Å². The molecule has 1 atom stereocenters. The molecule has 4 rings (SSSR count). The van der Waals surface area contributed by atoms with E-state index >= 15 is 0 Å². The largest absolute Gasteiger partial charge is 0.450 e. The molecular weight excluding hydrogens is 370 g/mol. The van der Waals surface area contributed by atoms with E-state index in [4.69, 9.17) is 4.74 Å². The molecule has 5 nitrogen and oxygen atoms in total. The van der Waals surface area contributed by atoms with Crippen molar-refractivity contribution in [2.45, 2.75) is 18.9 Å². The Hall–Kier alpha value is -2.49. The van der Waals surface area contributed by atoms with Crippen molar-refractivity contribution in [3.63, 3.8) is 0 Å². The number of likely N-dealkylation sites (N-methyl/N-ethyl adjacent to an activating group) is 1. The zero-order valence-electron chi connectivity index (χ0n) is 16.6. The van der Waals surface area contributed by atoms with Crippen LogP contribution in [0.4, 0.5) is 11.4 Å². The van der Waals surface area contributed by atoms with Gasteiger partial charge in [-0.15, -0.1) is 11.3 Å². The molecule has 1 aromatic carbocycles. The number of carbonyl (C=O) groups excluding carboxylic acids is 1. The van der Waals surface area contributed by atoms with Crippen LogP contribution in [0.5, 0.6) is 0 Å². The zero-order valence-corrected chi connectivity index (χ0v) is 17.4. The lowest BCUT2D eigenvalue weighted by Gasteiger charge is -2.27. The summed E-state index contributed by atoms with van der Waals surface area (Å²) in [6, 6.07) is 11.0. The number of thiophene rings is 1. The molecule has 0 bridgehead atoms. The number of carbonyl (C=O) groups is 1. The fraction of sp³-hybridized carbons (Fsp3) is 0.409. The number of nitrogens with zero attached hydrogens (tertiary/aromatic N) is 3. The van der Waals surface area contributed by atoms with Gasteiger partial charge in [0.15, 0.2) is 0 Å². The summed E-state index contributed by atoms with van der Waals surface area (Å²) in [7, 11) is 5.83. The summed E-state index contributed by atoms with van der Waals surface area (Å²) < 4.78 is 4.81. The zero-order chi connectivity index (χ0) is 19.7. The predicted octanol–water partition coefficient (Wildman–Crippen LogP) is 3.05. The Morgan fingerprint density at radius 1 is 1.18 bits per heavy atom. The molecule has 6 heteroatoms. The third-order valence-electron chi connectivity index (χ3n) is 5.55. The van der Waals surface area contributed by atoms with Gasteiger partial charge in [-0.1, -0.05) is 0 Å². The van der Waals surface area contributed by atoms with Crippen LogP contribution in [-0.4, -0.2) is 57.7 Å². The first-order valence-corrected chi connectivity index (χ1v) is 10.4. The molecule has 0 spiro atoms. The number of rotatable bonds is 3. The molecule has 1 fully saturated rings. The van der Waals surface area contributed by atoms with E-state index in [0.29, 0.717) is 12.6 Å². The number of hydrogen-bond donors (Lipinski definition) is 0. The topological polar surface area (TPSA) is 36.0 Å². The summed E-state index contributed by atoms with van der Waals surface area (Å²) in [5.41, 5.74) is 3.28. The van der Waals surface area contributed by atoms with Gasteiger partial charge in [-0.05, 0) is 68.8 Å². The average Bonchev–Trinajstić information content (AvgIpc) is 3.35. The fourth-order valence-electron chi connectivity index (χ4n) is 3.90. The normalized spacial score (nSPS) is 18.9. The van der Waals surface area contributed by atoms with E-state index in [2.05, 4.69) is 60.2 Å². The maximum Gasteiger partial charge on any atom is 0.268 e. The molecule has 1 aromatic heterocycles. The minimum atomic E-state index is 0.0679. The molecule has 2 aliphatic heterocycles. The third-order valence-corrected chi connectivity index (χ3v) is 6.63. The monoisotopic (exact) mass is 395 g/mol. The number of anilines is 2. The maximum absolute atomic E-state index is 13.0. The van der Waals surface area contributed by atoms with E-state index in [1.54, 1.807) is 7.11 Å².